The maximum Gasteiger partial charge on any atom is 0.303 e. The van der Waals surface area contributed by atoms with Crippen LogP contribution < -0.4 is 0 Å². The Morgan fingerprint density at radius 1 is 0.938 bits per heavy atom. The topological polar surface area (TPSA) is 69.7 Å². The van der Waals surface area contributed by atoms with Gasteiger partial charge in [-0.25, -0.2) is 0 Å². The molecule has 3 fully saturated rings. The van der Waals surface area contributed by atoms with Crippen LogP contribution in [0.4, 0.5) is 0 Å². The highest BCUT2D eigenvalue weighted by molar-refractivity contribution is 5.92. The molecule has 4 rings (SSSR count). The van der Waals surface area contributed by atoms with Gasteiger partial charge >= 0.3 is 11.9 Å². The first kappa shape index (κ1) is 23.3. The smallest absolute Gasteiger partial charge is 0.303 e. The molecule has 5 heteroatoms. The predicted octanol–water partition coefficient (Wildman–Crippen LogP) is 5.33. The second-order valence-corrected chi connectivity index (χ2v) is 11.3. The Kier molecular flexibility index (Phi) is 5.50. The molecular weight excluding hydrogens is 404 g/mol. The van der Waals surface area contributed by atoms with Crippen LogP contribution in [-0.4, -0.2) is 29.4 Å². The fourth-order valence-electron chi connectivity index (χ4n) is 8.49. The molecule has 4 aliphatic rings. The SMILES string of the molecule is C=C1C[C@@H]2[C@H]3CC(C)=C4C[C@H](OC(C)=O)CC[C@]4(C)[C@@H]3CC[C@@]2(C)[C@]1(OC(C)=O)C(C)=O. The number of hydrogen-bond donors (Lipinski definition) is 0. The van der Waals surface area contributed by atoms with Crippen molar-refractivity contribution in [1.82, 2.24) is 0 Å². The first-order valence-electron chi connectivity index (χ1n) is 12.1. The first-order chi connectivity index (χ1) is 14.9. The van der Waals surface area contributed by atoms with Crippen molar-refractivity contribution in [2.24, 2.45) is 28.6 Å². The number of ketones is 1. The molecule has 0 spiro atoms. The molecule has 0 radical (unpaired) electrons. The third kappa shape index (κ3) is 3.06. The molecule has 0 amide bonds. The van der Waals surface area contributed by atoms with Gasteiger partial charge in [-0.05, 0) is 81.1 Å². The maximum atomic E-state index is 13.0. The lowest BCUT2D eigenvalue weighted by Crippen LogP contribution is -2.59. The summed E-state index contributed by atoms with van der Waals surface area (Å²) in [5.74, 6) is 0.499. The summed E-state index contributed by atoms with van der Waals surface area (Å²) in [5, 5.41) is 0. The van der Waals surface area contributed by atoms with Gasteiger partial charge in [0.1, 0.15) is 6.10 Å². The molecule has 0 aromatic heterocycles. The van der Waals surface area contributed by atoms with E-state index in [2.05, 4.69) is 27.4 Å². The fourth-order valence-corrected chi connectivity index (χ4v) is 8.49. The second kappa shape index (κ2) is 7.56. The van der Waals surface area contributed by atoms with E-state index in [0.717, 1.165) is 50.5 Å². The summed E-state index contributed by atoms with van der Waals surface area (Å²) in [6.45, 7) is 15.5. The van der Waals surface area contributed by atoms with E-state index in [4.69, 9.17) is 9.47 Å². The van der Waals surface area contributed by atoms with Crippen LogP contribution >= 0.6 is 0 Å². The van der Waals surface area contributed by atoms with Crippen LogP contribution in [-0.2, 0) is 23.9 Å². The summed E-state index contributed by atoms with van der Waals surface area (Å²) < 4.78 is 11.5. The minimum Gasteiger partial charge on any atom is -0.462 e. The number of carbonyl (C=O) groups is 3. The number of carbonyl (C=O) groups excluding carboxylic acids is 3. The molecule has 0 N–H and O–H groups in total. The number of esters is 2. The Hall–Kier alpha value is -1.91. The lowest BCUT2D eigenvalue weighted by Gasteiger charge is -2.59. The standard InChI is InChI=1S/C27H38O5/c1-15-12-21-22(25(6)10-8-20(14-23(15)25)31-18(4)29)9-11-26(7)24(21)13-16(2)27(26,17(3)28)32-19(5)30/h20-22,24H,2,8-14H2,1,3-7H3/t20-,21+,22-,24-,25-,26-,27-/m1/s1. The van der Waals surface area contributed by atoms with Crippen LogP contribution in [0.2, 0.25) is 0 Å². The zero-order valence-electron chi connectivity index (χ0n) is 20.5. The summed E-state index contributed by atoms with van der Waals surface area (Å²) in [7, 11) is 0. The summed E-state index contributed by atoms with van der Waals surface area (Å²) in [5.41, 5.74) is 2.12. The molecule has 3 saturated carbocycles. The highest BCUT2D eigenvalue weighted by Crippen LogP contribution is 2.69. The fraction of sp³-hybridized carbons (Fsp3) is 0.741. The van der Waals surface area contributed by atoms with E-state index in [1.807, 2.05) is 0 Å². The molecule has 0 aromatic carbocycles. The molecule has 0 saturated heterocycles. The van der Waals surface area contributed by atoms with Crippen molar-refractivity contribution in [1.29, 1.82) is 0 Å². The van der Waals surface area contributed by atoms with Crippen LogP contribution in [0.25, 0.3) is 0 Å². The summed E-state index contributed by atoms with van der Waals surface area (Å²) >= 11 is 0. The van der Waals surface area contributed by atoms with Gasteiger partial charge in [0, 0.05) is 25.7 Å². The Labute approximate surface area is 192 Å². The maximum absolute atomic E-state index is 13.0. The Morgan fingerprint density at radius 3 is 2.22 bits per heavy atom. The van der Waals surface area contributed by atoms with Crippen molar-refractivity contribution < 1.29 is 23.9 Å². The zero-order chi connectivity index (χ0) is 23.6. The number of allylic oxidation sites excluding steroid dienone is 1. The first-order valence-corrected chi connectivity index (χ1v) is 12.1. The van der Waals surface area contributed by atoms with Crippen molar-refractivity contribution in [2.45, 2.75) is 98.2 Å². The van der Waals surface area contributed by atoms with Gasteiger partial charge in [0.15, 0.2) is 11.4 Å². The van der Waals surface area contributed by atoms with E-state index >= 15 is 0 Å². The highest BCUT2D eigenvalue weighted by Gasteiger charge is 2.69. The molecule has 0 aromatic rings. The molecular formula is C27H38O5. The Morgan fingerprint density at radius 2 is 1.62 bits per heavy atom. The zero-order valence-corrected chi connectivity index (χ0v) is 20.5. The van der Waals surface area contributed by atoms with Crippen molar-refractivity contribution >= 4 is 17.7 Å². The monoisotopic (exact) mass is 442 g/mol. The normalized spacial score (nSPS) is 43.1. The van der Waals surface area contributed by atoms with E-state index < -0.39 is 17.0 Å². The average Bonchev–Trinajstić information content (AvgIpc) is 2.90. The second-order valence-electron chi connectivity index (χ2n) is 11.3. The molecule has 5 nitrogen and oxygen atoms in total. The molecule has 176 valence electrons. The van der Waals surface area contributed by atoms with Crippen LogP contribution in [0, 0.1) is 28.6 Å². The highest BCUT2D eigenvalue weighted by atomic mass is 16.6. The van der Waals surface area contributed by atoms with Gasteiger partial charge in [0.05, 0.1) is 0 Å². The van der Waals surface area contributed by atoms with Crippen molar-refractivity contribution in [3.8, 4) is 0 Å². The lowest BCUT2D eigenvalue weighted by molar-refractivity contribution is -0.181. The largest absolute Gasteiger partial charge is 0.462 e. The summed E-state index contributed by atoms with van der Waals surface area (Å²) in [6, 6.07) is 0. The van der Waals surface area contributed by atoms with Gasteiger partial charge in [-0.3, -0.25) is 14.4 Å². The van der Waals surface area contributed by atoms with Crippen molar-refractivity contribution in [2.75, 3.05) is 0 Å². The minimum atomic E-state index is -1.21. The Bertz CT molecular complexity index is 915. The van der Waals surface area contributed by atoms with E-state index in [1.54, 1.807) is 6.92 Å². The van der Waals surface area contributed by atoms with Crippen molar-refractivity contribution in [3.05, 3.63) is 23.3 Å². The summed E-state index contributed by atoms with van der Waals surface area (Å²) in [4.78, 5) is 36.7. The molecule has 0 heterocycles. The van der Waals surface area contributed by atoms with Crippen LogP contribution in [0.5, 0.6) is 0 Å². The third-order valence-electron chi connectivity index (χ3n) is 9.70. The lowest BCUT2D eigenvalue weighted by atomic mass is 9.45. The Balaban J connectivity index is 1.72. The molecule has 0 unspecified atom stereocenters. The quantitative estimate of drug-likeness (QED) is 0.437. The van der Waals surface area contributed by atoms with E-state index in [9.17, 15) is 14.4 Å². The molecule has 4 aliphatic carbocycles. The number of Topliss-reactive ketones (excluding diaryl/α,β-unsaturated/α-hetero) is 1. The predicted molar refractivity (Wildman–Crippen MR) is 122 cm³/mol. The minimum absolute atomic E-state index is 0.0171. The molecule has 32 heavy (non-hydrogen) atoms. The van der Waals surface area contributed by atoms with Gasteiger partial charge in [0.25, 0.3) is 0 Å². The number of rotatable bonds is 3. The summed E-state index contributed by atoms with van der Waals surface area (Å²) in [6.07, 6.45) is 6.32. The number of hydrogen-bond acceptors (Lipinski definition) is 5. The molecule has 7 atom stereocenters. The third-order valence-corrected chi connectivity index (χ3v) is 9.70. The van der Waals surface area contributed by atoms with Crippen molar-refractivity contribution in [3.63, 3.8) is 0 Å². The molecule has 0 aliphatic heterocycles. The van der Waals surface area contributed by atoms with Gasteiger partial charge in [0.2, 0.25) is 0 Å². The number of ether oxygens (including phenoxy) is 2. The van der Waals surface area contributed by atoms with Crippen LogP contribution in [0.15, 0.2) is 23.3 Å². The van der Waals surface area contributed by atoms with Gasteiger partial charge < -0.3 is 9.47 Å². The van der Waals surface area contributed by atoms with Gasteiger partial charge in [-0.1, -0.05) is 31.6 Å². The number of fused-ring (bicyclic) bond motifs is 5. The van der Waals surface area contributed by atoms with Gasteiger partial charge in [-0.15, -0.1) is 0 Å². The average molecular weight is 443 g/mol. The van der Waals surface area contributed by atoms with Crippen LogP contribution in [0.1, 0.15) is 86.5 Å². The van der Waals surface area contributed by atoms with E-state index in [-0.39, 0.29) is 29.2 Å². The molecule has 0 bridgehead atoms. The van der Waals surface area contributed by atoms with E-state index in [1.165, 1.54) is 25.0 Å². The van der Waals surface area contributed by atoms with E-state index in [0.29, 0.717) is 11.8 Å². The van der Waals surface area contributed by atoms with Crippen LogP contribution in [0.3, 0.4) is 0 Å². The van der Waals surface area contributed by atoms with Gasteiger partial charge in [-0.2, -0.15) is 0 Å².